The molecule has 6 heteroatoms. The fraction of sp³-hybridized carbons (Fsp3) is 0.333. The second-order valence-corrected chi connectivity index (χ2v) is 7.31. The van der Waals surface area contributed by atoms with E-state index in [0.717, 1.165) is 12.8 Å². The molecule has 24 heavy (non-hydrogen) atoms. The number of nitrogens with one attached hydrogen (secondary N) is 1. The standard InChI is InChI=1S/C18H17Cl3N2O/c1-11(23-7-6-12-4-2-3-5-13(12)10-23)18(24)22-17-15(20)8-14(19)9-16(17)21/h6-11H,2-5H2,1H3/p+1/t11-/m1/s1. The zero-order chi connectivity index (χ0) is 17.3. The van der Waals surface area contributed by atoms with Crippen LogP contribution in [0.2, 0.25) is 15.1 Å². The number of aryl methyl sites for hydroxylation is 2. The summed E-state index contributed by atoms with van der Waals surface area (Å²) < 4.78 is 1.93. The third-order valence-corrected chi connectivity index (χ3v) is 5.20. The highest BCUT2D eigenvalue weighted by molar-refractivity contribution is 6.42. The first-order valence-electron chi connectivity index (χ1n) is 7.93. The van der Waals surface area contributed by atoms with Crippen molar-refractivity contribution >= 4 is 46.4 Å². The first-order chi connectivity index (χ1) is 11.5. The Morgan fingerprint density at radius 1 is 1.12 bits per heavy atom. The first kappa shape index (κ1) is 17.5. The van der Waals surface area contributed by atoms with Crippen LogP contribution in [0.4, 0.5) is 5.69 Å². The third kappa shape index (κ3) is 3.69. The molecule has 0 saturated heterocycles. The number of aromatic nitrogens is 1. The number of benzene rings is 1. The summed E-state index contributed by atoms with van der Waals surface area (Å²) in [5.74, 6) is -0.179. The smallest absolute Gasteiger partial charge is 0.293 e. The minimum Gasteiger partial charge on any atom is -0.318 e. The average molecular weight is 385 g/mol. The van der Waals surface area contributed by atoms with Crippen molar-refractivity contribution in [1.29, 1.82) is 0 Å². The largest absolute Gasteiger partial charge is 0.318 e. The number of carbonyl (C=O) groups is 1. The number of nitrogens with zero attached hydrogens (tertiary/aromatic N) is 1. The van der Waals surface area contributed by atoms with Gasteiger partial charge < -0.3 is 5.32 Å². The second-order valence-electron chi connectivity index (χ2n) is 6.06. The molecule has 0 saturated carbocycles. The number of carbonyl (C=O) groups excluding carboxylic acids is 1. The van der Waals surface area contributed by atoms with Gasteiger partial charge in [-0.05, 0) is 43.4 Å². The summed E-state index contributed by atoms with van der Waals surface area (Å²) >= 11 is 18.2. The summed E-state index contributed by atoms with van der Waals surface area (Å²) in [4.78, 5) is 12.6. The number of rotatable bonds is 3. The van der Waals surface area contributed by atoms with Crippen LogP contribution in [0.3, 0.4) is 0 Å². The number of hydrogen-bond acceptors (Lipinski definition) is 1. The minimum absolute atomic E-state index is 0.179. The summed E-state index contributed by atoms with van der Waals surface area (Å²) in [6.07, 6.45) is 8.66. The highest BCUT2D eigenvalue weighted by atomic mass is 35.5. The molecule has 1 N–H and O–H groups in total. The Hall–Kier alpha value is -1.29. The molecule has 1 amide bonds. The monoisotopic (exact) mass is 383 g/mol. The maximum Gasteiger partial charge on any atom is 0.293 e. The molecular weight excluding hydrogens is 367 g/mol. The fourth-order valence-electron chi connectivity index (χ4n) is 2.95. The van der Waals surface area contributed by atoms with Crippen molar-refractivity contribution in [2.24, 2.45) is 0 Å². The minimum atomic E-state index is -0.375. The Morgan fingerprint density at radius 3 is 2.42 bits per heavy atom. The van der Waals surface area contributed by atoms with Crippen LogP contribution in [-0.4, -0.2) is 5.91 Å². The summed E-state index contributed by atoms with van der Waals surface area (Å²) in [7, 11) is 0. The van der Waals surface area contributed by atoms with Gasteiger partial charge >= 0.3 is 0 Å². The molecule has 0 radical (unpaired) electrons. The van der Waals surface area contributed by atoms with Crippen LogP contribution in [0.5, 0.6) is 0 Å². The van der Waals surface area contributed by atoms with Crippen molar-refractivity contribution in [1.82, 2.24) is 0 Å². The van der Waals surface area contributed by atoms with Gasteiger partial charge in [0.15, 0.2) is 12.4 Å². The molecule has 1 aromatic carbocycles. The maximum absolute atomic E-state index is 12.6. The van der Waals surface area contributed by atoms with Gasteiger partial charge in [0.1, 0.15) is 0 Å². The molecule has 0 unspecified atom stereocenters. The summed E-state index contributed by atoms with van der Waals surface area (Å²) in [6, 6.07) is 4.85. The molecule has 2 aromatic rings. The average Bonchev–Trinajstić information content (AvgIpc) is 2.56. The third-order valence-electron chi connectivity index (χ3n) is 4.39. The van der Waals surface area contributed by atoms with Crippen LogP contribution >= 0.6 is 34.8 Å². The van der Waals surface area contributed by atoms with E-state index >= 15 is 0 Å². The van der Waals surface area contributed by atoms with Crippen LogP contribution < -0.4 is 9.88 Å². The van der Waals surface area contributed by atoms with E-state index in [1.54, 1.807) is 12.1 Å². The van der Waals surface area contributed by atoms with Gasteiger partial charge in [-0.3, -0.25) is 4.79 Å². The van der Waals surface area contributed by atoms with Crippen molar-refractivity contribution in [2.45, 2.75) is 38.6 Å². The Labute approximate surface area is 156 Å². The van der Waals surface area contributed by atoms with E-state index in [9.17, 15) is 4.79 Å². The van der Waals surface area contributed by atoms with Crippen molar-refractivity contribution in [3.05, 3.63) is 56.8 Å². The van der Waals surface area contributed by atoms with Crippen LogP contribution in [-0.2, 0) is 17.6 Å². The van der Waals surface area contributed by atoms with Gasteiger partial charge in [-0.2, -0.15) is 4.57 Å². The zero-order valence-corrected chi connectivity index (χ0v) is 15.5. The number of hydrogen-bond donors (Lipinski definition) is 1. The van der Waals surface area contributed by atoms with Crippen LogP contribution in [0, 0.1) is 0 Å². The van der Waals surface area contributed by atoms with Gasteiger partial charge in [-0.25, -0.2) is 0 Å². The number of pyridine rings is 1. The molecule has 126 valence electrons. The molecule has 3 nitrogen and oxygen atoms in total. The summed E-state index contributed by atoms with van der Waals surface area (Å²) in [5, 5.41) is 3.88. The van der Waals surface area contributed by atoms with Gasteiger partial charge in [0, 0.05) is 23.6 Å². The molecule has 0 fully saturated rings. The maximum atomic E-state index is 12.6. The molecular formula is C18H18Cl3N2O+. The lowest BCUT2D eigenvalue weighted by Gasteiger charge is -2.16. The van der Waals surface area contributed by atoms with E-state index in [1.165, 1.54) is 24.0 Å². The molecule has 1 aromatic heterocycles. The molecule has 0 spiro atoms. The number of anilines is 1. The van der Waals surface area contributed by atoms with Crippen LogP contribution in [0.15, 0.2) is 30.6 Å². The molecule has 3 rings (SSSR count). The lowest BCUT2D eigenvalue weighted by molar-refractivity contribution is -0.706. The van der Waals surface area contributed by atoms with E-state index in [2.05, 4.69) is 17.6 Å². The van der Waals surface area contributed by atoms with Gasteiger partial charge in [0.05, 0.1) is 15.7 Å². The summed E-state index contributed by atoms with van der Waals surface area (Å²) in [6.45, 7) is 1.85. The zero-order valence-electron chi connectivity index (χ0n) is 13.3. The van der Waals surface area contributed by atoms with E-state index < -0.39 is 0 Å². The van der Waals surface area contributed by atoms with E-state index in [4.69, 9.17) is 34.8 Å². The molecule has 1 heterocycles. The Balaban J connectivity index is 1.80. The second kappa shape index (κ2) is 7.30. The number of fused-ring (bicyclic) bond motifs is 1. The van der Waals surface area contributed by atoms with Gasteiger partial charge in [-0.15, -0.1) is 0 Å². The van der Waals surface area contributed by atoms with Crippen molar-refractivity contribution in [3.8, 4) is 0 Å². The summed E-state index contributed by atoms with van der Waals surface area (Å²) in [5.41, 5.74) is 3.10. The lowest BCUT2D eigenvalue weighted by atomic mass is 9.93. The van der Waals surface area contributed by atoms with Crippen molar-refractivity contribution in [3.63, 3.8) is 0 Å². The molecule has 1 aliphatic carbocycles. The highest BCUT2D eigenvalue weighted by Gasteiger charge is 2.25. The van der Waals surface area contributed by atoms with Gasteiger partial charge in [0.25, 0.3) is 5.91 Å². The normalized spacial score (nSPS) is 14.8. The predicted molar refractivity (Wildman–Crippen MR) is 98.1 cm³/mol. The Kier molecular flexibility index (Phi) is 5.33. The lowest BCUT2D eigenvalue weighted by Crippen LogP contribution is -2.44. The van der Waals surface area contributed by atoms with E-state index in [1.807, 2.05) is 17.7 Å². The fourth-order valence-corrected chi connectivity index (χ4v) is 3.87. The number of amides is 1. The SMILES string of the molecule is C[C@H](C(=O)Nc1c(Cl)cc(Cl)cc1Cl)[n+]1ccc2c(c1)CCCC2. The van der Waals surface area contributed by atoms with Crippen LogP contribution in [0.1, 0.15) is 36.9 Å². The topological polar surface area (TPSA) is 33.0 Å². The van der Waals surface area contributed by atoms with Crippen molar-refractivity contribution < 1.29 is 9.36 Å². The molecule has 1 atom stereocenters. The van der Waals surface area contributed by atoms with Gasteiger partial charge in [-0.1, -0.05) is 34.8 Å². The van der Waals surface area contributed by atoms with Crippen molar-refractivity contribution in [2.75, 3.05) is 5.32 Å². The first-order valence-corrected chi connectivity index (χ1v) is 9.07. The Bertz CT molecular complexity index is 769. The molecule has 0 bridgehead atoms. The molecule has 1 aliphatic rings. The van der Waals surface area contributed by atoms with E-state index in [-0.39, 0.29) is 11.9 Å². The van der Waals surface area contributed by atoms with Gasteiger partial charge in [0.2, 0.25) is 6.04 Å². The van der Waals surface area contributed by atoms with Crippen LogP contribution in [0.25, 0.3) is 0 Å². The highest BCUT2D eigenvalue weighted by Crippen LogP contribution is 2.34. The molecule has 0 aliphatic heterocycles. The van der Waals surface area contributed by atoms with E-state index in [0.29, 0.717) is 20.8 Å². The Morgan fingerprint density at radius 2 is 1.75 bits per heavy atom. The quantitative estimate of drug-likeness (QED) is 0.741. The number of halogens is 3. The predicted octanol–water partition coefficient (Wildman–Crippen LogP) is 5.01.